The Balaban J connectivity index is 2.90. The molecule has 56 valence electrons. The van der Waals surface area contributed by atoms with E-state index in [-0.39, 0.29) is 0 Å². The molecular weight excluding hydrogens is 180 g/mol. The van der Waals surface area contributed by atoms with Gasteiger partial charge in [-0.25, -0.2) is 4.98 Å². The van der Waals surface area contributed by atoms with Gasteiger partial charge in [0.25, 0.3) is 0 Å². The molecule has 2 nitrogen and oxygen atoms in total. The lowest BCUT2D eigenvalue weighted by atomic mass is 10.3. The third-order valence-corrected chi connectivity index (χ3v) is 1.98. The molecule has 4 heteroatoms. The summed E-state index contributed by atoms with van der Waals surface area (Å²) in [6, 6.07) is 5.56. The third kappa shape index (κ3) is 1.10. The number of halogens is 1. The summed E-state index contributed by atoms with van der Waals surface area (Å²) in [7, 11) is 0. The van der Waals surface area contributed by atoms with Crippen molar-refractivity contribution in [2.75, 3.05) is 0 Å². The highest BCUT2D eigenvalue weighted by atomic mass is 35.5. The number of fused-ring (bicyclic) bond motifs is 1. The van der Waals surface area contributed by atoms with Crippen molar-refractivity contribution in [2.24, 2.45) is 0 Å². The molecule has 1 aromatic carbocycles. The summed E-state index contributed by atoms with van der Waals surface area (Å²) in [5.74, 6) is 0. The monoisotopic (exact) mass is 184 g/mol. The van der Waals surface area contributed by atoms with E-state index in [9.17, 15) is 0 Å². The van der Waals surface area contributed by atoms with Crippen LogP contribution >= 0.6 is 24.2 Å². The Morgan fingerprint density at radius 3 is 3.00 bits per heavy atom. The predicted molar refractivity (Wildman–Crippen MR) is 48.4 cm³/mol. The Labute approximate surface area is 74.0 Å². The van der Waals surface area contributed by atoms with Crippen LogP contribution in [0.2, 0.25) is 5.02 Å². The molecular formula is C7H5ClN2S. The van der Waals surface area contributed by atoms with Crippen LogP contribution in [0, 0.1) is 0 Å². The fraction of sp³-hybridized carbons (Fsp3) is 0. The largest absolute Gasteiger partial charge is 0.332 e. The smallest absolute Gasteiger partial charge is 0.163 e. The molecule has 1 heterocycles. The molecule has 1 aromatic heterocycles. The summed E-state index contributed by atoms with van der Waals surface area (Å²) in [6.45, 7) is 0. The van der Waals surface area contributed by atoms with Crippen LogP contribution in [0.25, 0.3) is 11.0 Å². The Morgan fingerprint density at radius 1 is 1.45 bits per heavy atom. The van der Waals surface area contributed by atoms with Crippen molar-refractivity contribution < 1.29 is 0 Å². The summed E-state index contributed by atoms with van der Waals surface area (Å²) in [5, 5.41) is 1.27. The molecule has 0 spiro atoms. The van der Waals surface area contributed by atoms with Gasteiger partial charge in [0.15, 0.2) is 5.16 Å². The molecule has 0 unspecified atom stereocenters. The number of nitrogens with zero attached hydrogens (tertiary/aromatic N) is 1. The molecule has 0 radical (unpaired) electrons. The Bertz CT molecular complexity index is 396. The summed E-state index contributed by atoms with van der Waals surface area (Å²) in [6.07, 6.45) is 0. The van der Waals surface area contributed by atoms with E-state index >= 15 is 0 Å². The van der Waals surface area contributed by atoms with E-state index in [0.29, 0.717) is 10.2 Å². The Hall–Kier alpha value is -0.670. The van der Waals surface area contributed by atoms with Crippen LogP contribution in [0.1, 0.15) is 0 Å². The van der Waals surface area contributed by atoms with Crippen molar-refractivity contribution in [1.82, 2.24) is 9.97 Å². The molecule has 0 aliphatic heterocycles. The van der Waals surface area contributed by atoms with Crippen LogP contribution in [0.15, 0.2) is 23.4 Å². The molecule has 11 heavy (non-hydrogen) atoms. The van der Waals surface area contributed by atoms with Gasteiger partial charge in [0.1, 0.15) is 0 Å². The van der Waals surface area contributed by atoms with Crippen molar-refractivity contribution in [3.05, 3.63) is 23.2 Å². The summed E-state index contributed by atoms with van der Waals surface area (Å²) >= 11 is 9.93. The number of hydrogen-bond donors (Lipinski definition) is 2. The number of imidazole rings is 1. The minimum atomic E-state index is 0.591. The normalized spacial score (nSPS) is 10.7. The van der Waals surface area contributed by atoms with Crippen LogP contribution in [0.3, 0.4) is 0 Å². The molecule has 0 saturated heterocycles. The number of para-hydroxylation sites is 1. The number of nitrogens with one attached hydrogen (secondary N) is 1. The van der Waals surface area contributed by atoms with Crippen LogP contribution in [-0.2, 0) is 0 Å². The molecule has 1 N–H and O–H groups in total. The number of rotatable bonds is 0. The standard InChI is InChI=1S/C7H5ClN2S/c8-4-2-1-3-5-6(4)10-7(11)9-5/h1-3H,(H2,9,10,11). The molecule has 0 saturated carbocycles. The predicted octanol–water partition coefficient (Wildman–Crippen LogP) is 2.51. The van der Waals surface area contributed by atoms with Gasteiger partial charge in [-0.3, -0.25) is 0 Å². The zero-order valence-electron chi connectivity index (χ0n) is 5.50. The van der Waals surface area contributed by atoms with E-state index < -0.39 is 0 Å². The molecule has 0 bridgehead atoms. The molecule has 0 aliphatic carbocycles. The number of aromatic amines is 1. The van der Waals surface area contributed by atoms with Gasteiger partial charge in [0.2, 0.25) is 0 Å². The van der Waals surface area contributed by atoms with Gasteiger partial charge in [0.05, 0.1) is 16.1 Å². The van der Waals surface area contributed by atoms with Crippen LogP contribution < -0.4 is 0 Å². The quantitative estimate of drug-likeness (QED) is 0.606. The van der Waals surface area contributed by atoms with E-state index in [0.717, 1.165) is 11.0 Å². The zero-order chi connectivity index (χ0) is 7.84. The first kappa shape index (κ1) is 7.00. The van der Waals surface area contributed by atoms with Crippen molar-refractivity contribution >= 4 is 35.3 Å². The lowest BCUT2D eigenvalue weighted by Crippen LogP contribution is -1.68. The summed E-state index contributed by atoms with van der Waals surface area (Å²) in [5.41, 5.74) is 1.70. The minimum absolute atomic E-state index is 0.591. The number of benzene rings is 1. The first-order valence-electron chi connectivity index (χ1n) is 3.10. The number of hydrogen-bond acceptors (Lipinski definition) is 2. The maximum atomic E-state index is 5.87. The highest BCUT2D eigenvalue weighted by molar-refractivity contribution is 7.80. The van der Waals surface area contributed by atoms with E-state index in [2.05, 4.69) is 22.6 Å². The van der Waals surface area contributed by atoms with Gasteiger partial charge in [-0.15, -0.1) is 12.6 Å². The lowest BCUT2D eigenvalue weighted by molar-refractivity contribution is 1.09. The van der Waals surface area contributed by atoms with Crippen molar-refractivity contribution in [3.8, 4) is 0 Å². The maximum Gasteiger partial charge on any atom is 0.163 e. The molecule has 2 aromatic rings. The van der Waals surface area contributed by atoms with Crippen LogP contribution in [0.4, 0.5) is 0 Å². The second-order valence-corrected chi connectivity index (χ2v) is 3.03. The second-order valence-electron chi connectivity index (χ2n) is 2.19. The average Bonchev–Trinajstić information content (AvgIpc) is 2.31. The topological polar surface area (TPSA) is 28.7 Å². The number of thiol groups is 1. The average molecular weight is 185 g/mol. The van der Waals surface area contributed by atoms with Gasteiger partial charge in [-0.05, 0) is 12.1 Å². The van der Waals surface area contributed by atoms with Gasteiger partial charge in [0, 0.05) is 0 Å². The fourth-order valence-electron chi connectivity index (χ4n) is 0.984. The van der Waals surface area contributed by atoms with Crippen molar-refractivity contribution in [3.63, 3.8) is 0 Å². The van der Waals surface area contributed by atoms with Gasteiger partial charge >= 0.3 is 0 Å². The third-order valence-electron chi connectivity index (χ3n) is 1.45. The molecule has 0 fully saturated rings. The van der Waals surface area contributed by atoms with Crippen molar-refractivity contribution in [1.29, 1.82) is 0 Å². The maximum absolute atomic E-state index is 5.87. The van der Waals surface area contributed by atoms with Crippen LogP contribution in [0.5, 0.6) is 0 Å². The summed E-state index contributed by atoms with van der Waals surface area (Å²) in [4.78, 5) is 7.05. The fourth-order valence-corrected chi connectivity index (χ4v) is 1.42. The van der Waals surface area contributed by atoms with E-state index in [1.54, 1.807) is 0 Å². The van der Waals surface area contributed by atoms with E-state index in [4.69, 9.17) is 11.6 Å². The van der Waals surface area contributed by atoms with Gasteiger partial charge in [-0.2, -0.15) is 0 Å². The molecule has 0 atom stereocenters. The SMILES string of the molecule is Sc1nc2cccc(Cl)c2[nH]1. The van der Waals surface area contributed by atoms with E-state index in [1.165, 1.54) is 0 Å². The first-order chi connectivity index (χ1) is 5.27. The number of aromatic nitrogens is 2. The van der Waals surface area contributed by atoms with E-state index in [1.807, 2.05) is 18.2 Å². The lowest BCUT2D eigenvalue weighted by Gasteiger charge is -1.88. The minimum Gasteiger partial charge on any atom is -0.332 e. The van der Waals surface area contributed by atoms with Crippen LogP contribution in [-0.4, -0.2) is 9.97 Å². The van der Waals surface area contributed by atoms with Gasteiger partial charge in [-0.1, -0.05) is 17.7 Å². The summed E-state index contributed by atoms with van der Waals surface area (Å²) < 4.78 is 0. The Kier molecular flexibility index (Phi) is 1.55. The molecule has 0 amide bonds. The molecule has 0 aliphatic rings. The van der Waals surface area contributed by atoms with Crippen molar-refractivity contribution in [2.45, 2.75) is 5.16 Å². The first-order valence-corrected chi connectivity index (χ1v) is 3.93. The molecule has 2 rings (SSSR count). The zero-order valence-corrected chi connectivity index (χ0v) is 7.15. The number of H-pyrrole nitrogens is 1. The van der Waals surface area contributed by atoms with Gasteiger partial charge < -0.3 is 4.98 Å². The highest BCUT2D eigenvalue weighted by Crippen LogP contribution is 2.21. The second kappa shape index (κ2) is 2.43. The highest BCUT2D eigenvalue weighted by Gasteiger charge is 2.01. The Morgan fingerprint density at radius 2 is 2.27 bits per heavy atom.